The van der Waals surface area contributed by atoms with E-state index in [-0.39, 0.29) is 61.8 Å². The molecule has 2 aromatic rings. The van der Waals surface area contributed by atoms with Crippen LogP contribution in [0.2, 0.25) is 0 Å². The zero-order valence-electron chi connectivity index (χ0n) is 23.0. The standard InChI is InChI=1S/C28H36F3N5O4S/c1-16(2)25(28(39)40-9-7-32)35-20-5-3-17(4-6-20)15-34-26(38)27-36(8-10-41-27)24(37)13-19(33)11-18-12-22(30)23(31)14-21(18)29/h3-6,12,14,16,19,25,27,35H,7-11,13,15,32-33H2,1-2H3,(H,34,38). The second-order valence-corrected chi connectivity index (χ2v) is 11.3. The van der Waals surface area contributed by atoms with Gasteiger partial charge in [-0.25, -0.2) is 18.0 Å². The van der Waals surface area contributed by atoms with E-state index >= 15 is 0 Å². The Kier molecular flexibility index (Phi) is 11.9. The Morgan fingerprint density at radius 2 is 1.78 bits per heavy atom. The molecular weight excluding hydrogens is 559 g/mol. The number of esters is 1. The van der Waals surface area contributed by atoms with Gasteiger partial charge >= 0.3 is 5.97 Å². The highest BCUT2D eigenvalue weighted by atomic mass is 32.2. The van der Waals surface area contributed by atoms with Crippen LogP contribution < -0.4 is 22.1 Å². The van der Waals surface area contributed by atoms with Crippen molar-refractivity contribution < 1.29 is 32.3 Å². The number of benzene rings is 2. The fourth-order valence-corrected chi connectivity index (χ4v) is 5.44. The lowest BCUT2D eigenvalue weighted by Gasteiger charge is -2.24. The molecule has 13 heteroatoms. The number of carbonyl (C=O) groups excluding carboxylic acids is 3. The molecule has 9 nitrogen and oxygen atoms in total. The van der Waals surface area contributed by atoms with Crippen molar-refractivity contribution in [1.82, 2.24) is 10.2 Å². The van der Waals surface area contributed by atoms with E-state index < -0.39 is 34.9 Å². The van der Waals surface area contributed by atoms with Crippen LogP contribution in [0.3, 0.4) is 0 Å². The Morgan fingerprint density at radius 3 is 2.44 bits per heavy atom. The van der Waals surface area contributed by atoms with Crippen LogP contribution in [0.25, 0.3) is 0 Å². The molecule has 0 aromatic heterocycles. The number of halogens is 3. The third-order valence-electron chi connectivity index (χ3n) is 6.47. The summed E-state index contributed by atoms with van der Waals surface area (Å²) in [6.07, 6.45) is -0.349. The molecule has 1 saturated heterocycles. The van der Waals surface area contributed by atoms with Crippen molar-refractivity contribution in [3.63, 3.8) is 0 Å². The van der Waals surface area contributed by atoms with Gasteiger partial charge in [0.15, 0.2) is 17.0 Å². The first-order chi connectivity index (χ1) is 19.5. The lowest BCUT2D eigenvalue weighted by molar-refractivity contribution is -0.145. The van der Waals surface area contributed by atoms with Gasteiger partial charge < -0.3 is 31.7 Å². The maximum atomic E-state index is 14.0. The van der Waals surface area contributed by atoms with E-state index in [4.69, 9.17) is 16.2 Å². The molecule has 6 N–H and O–H groups in total. The molecule has 3 rings (SSSR count). The molecule has 0 radical (unpaired) electrons. The molecule has 224 valence electrons. The van der Waals surface area contributed by atoms with Crippen molar-refractivity contribution in [2.75, 3.05) is 30.8 Å². The maximum Gasteiger partial charge on any atom is 0.328 e. The van der Waals surface area contributed by atoms with Crippen LogP contribution in [-0.4, -0.2) is 65.6 Å². The van der Waals surface area contributed by atoms with Gasteiger partial charge in [0.25, 0.3) is 5.91 Å². The molecule has 1 aliphatic rings. The summed E-state index contributed by atoms with van der Waals surface area (Å²) in [7, 11) is 0. The third-order valence-corrected chi connectivity index (χ3v) is 7.67. The maximum absolute atomic E-state index is 14.0. The second kappa shape index (κ2) is 15.1. The molecular formula is C28H36F3N5O4S. The summed E-state index contributed by atoms with van der Waals surface area (Å²) in [4.78, 5) is 39.5. The fourth-order valence-electron chi connectivity index (χ4n) is 4.28. The zero-order chi connectivity index (χ0) is 30.1. The number of nitrogens with zero attached hydrogens (tertiary/aromatic N) is 1. The highest BCUT2D eigenvalue weighted by molar-refractivity contribution is 8.00. The second-order valence-electron chi connectivity index (χ2n) is 10.1. The summed E-state index contributed by atoms with van der Waals surface area (Å²) in [5, 5.41) is 5.26. The first-order valence-corrected chi connectivity index (χ1v) is 14.3. The van der Waals surface area contributed by atoms with Crippen molar-refractivity contribution in [3.05, 3.63) is 65.0 Å². The number of hydrogen-bond donors (Lipinski definition) is 4. The van der Waals surface area contributed by atoms with Gasteiger partial charge in [-0.2, -0.15) is 0 Å². The smallest absolute Gasteiger partial charge is 0.328 e. The minimum atomic E-state index is -1.30. The van der Waals surface area contributed by atoms with Crippen molar-refractivity contribution in [3.8, 4) is 0 Å². The average Bonchev–Trinajstić information content (AvgIpc) is 3.43. The quantitative estimate of drug-likeness (QED) is 0.205. The number of carbonyl (C=O) groups is 3. The molecule has 3 atom stereocenters. The Morgan fingerprint density at radius 1 is 1.10 bits per heavy atom. The number of hydrogen-bond acceptors (Lipinski definition) is 8. The van der Waals surface area contributed by atoms with Crippen molar-refractivity contribution in [1.29, 1.82) is 0 Å². The van der Waals surface area contributed by atoms with Crippen LogP contribution in [0.1, 0.15) is 31.4 Å². The molecule has 1 aliphatic heterocycles. The summed E-state index contributed by atoms with van der Waals surface area (Å²) >= 11 is 1.32. The van der Waals surface area contributed by atoms with Gasteiger partial charge in [-0.15, -0.1) is 11.8 Å². The Labute approximate surface area is 241 Å². The molecule has 0 bridgehead atoms. The Balaban J connectivity index is 1.51. The normalized spacial score (nSPS) is 16.4. The topological polar surface area (TPSA) is 140 Å². The molecule has 41 heavy (non-hydrogen) atoms. The lowest BCUT2D eigenvalue weighted by atomic mass is 10.0. The number of ether oxygens (including phenoxy) is 1. The van der Waals surface area contributed by atoms with E-state index in [1.165, 1.54) is 16.7 Å². The van der Waals surface area contributed by atoms with E-state index in [0.29, 0.717) is 24.1 Å². The average molecular weight is 596 g/mol. The monoisotopic (exact) mass is 595 g/mol. The third kappa shape index (κ3) is 9.10. The van der Waals surface area contributed by atoms with Crippen LogP contribution in [0.4, 0.5) is 18.9 Å². The van der Waals surface area contributed by atoms with Crippen molar-refractivity contribution >= 4 is 35.2 Å². The lowest BCUT2D eigenvalue weighted by Crippen LogP contribution is -2.46. The van der Waals surface area contributed by atoms with Crippen LogP contribution in [0, 0.1) is 23.4 Å². The SMILES string of the molecule is CC(C)C(Nc1ccc(CNC(=O)C2SCCN2C(=O)CC(N)Cc2cc(F)c(F)cc2F)cc1)C(=O)OCCN. The van der Waals surface area contributed by atoms with E-state index in [1.807, 2.05) is 26.0 Å². The number of nitrogens with one attached hydrogen (secondary N) is 2. The minimum Gasteiger partial charge on any atom is -0.463 e. The van der Waals surface area contributed by atoms with Crippen LogP contribution in [-0.2, 0) is 32.1 Å². The van der Waals surface area contributed by atoms with Crippen LogP contribution in [0.15, 0.2) is 36.4 Å². The predicted octanol–water partition coefficient (Wildman–Crippen LogP) is 2.52. The first kappa shape index (κ1) is 32.2. The highest BCUT2D eigenvalue weighted by Crippen LogP contribution is 2.26. The van der Waals surface area contributed by atoms with Crippen LogP contribution >= 0.6 is 11.8 Å². The van der Waals surface area contributed by atoms with Gasteiger partial charge in [0.05, 0.1) is 0 Å². The summed E-state index contributed by atoms with van der Waals surface area (Å²) < 4.78 is 45.8. The molecule has 2 amide bonds. The number of anilines is 1. The van der Waals surface area contributed by atoms with Crippen molar-refractivity contribution in [2.45, 2.75) is 50.7 Å². The van der Waals surface area contributed by atoms with E-state index in [9.17, 15) is 27.6 Å². The summed E-state index contributed by atoms with van der Waals surface area (Å²) in [5.74, 6) is -4.00. The zero-order valence-corrected chi connectivity index (χ0v) is 23.8. The van der Waals surface area contributed by atoms with Crippen LogP contribution in [0.5, 0.6) is 0 Å². The van der Waals surface area contributed by atoms with Gasteiger partial charge in [0, 0.05) is 49.6 Å². The fraction of sp³-hybridized carbons (Fsp3) is 0.464. The van der Waals surface area contributed by atoms with Gasteiger partial charge in [-0.05, 0) is 41.7 Å². The highest BCUT2D eigenvalue weighted by Gasteiger charge is 2.35. The van der Waals surface area contributed by atoms with Gasteiger partial charge in [-0.3, -0.25) is 9.59 Å². The molecule has 0 aliphatic carbocycles. The van der Waals surface area contributed by atoms with Gasteiger partial charge in [0.2, 0.25) is 5.91 Å². The molecule has 2 aromatic carbocycles. The van der Waals surface area contributed by atoms with E-state index in [0.717, 1.165) is 11.6 Å². The number of amides is 2. The number of rotatable bonds is 13. The summed E-state index contributed by atoms with van der Waals surface area (Å²) in [5.41, 5.74) is 12.8. The Bertz CT molecular complexity index is 1220. The largest absolute Gasteiger partial charge is 0.463 e. The Hall–Kier alpha value is -3.29. The van der Waals surface area contributed by atoms with E-state index in [2.05, 4.69) is 10.6 Å². The van der Waals surface area contributed by atoms with Crippen molar-refractivity contribution in [2.24, 2.45) is 17.4 Å². The van der Waals surface area contributed by atoms with E-state index in [1.54, 1.807) is 12.1 Å². The summed E-state index contributed by atoms with van der Waals surface area (Å²) in [6, 6.07) is 7.01. The molecule has 0 spiro atoms. The first-order valence-electron chi connectivity index (χ1n) is 13.3. The van der Waals surface area contributed by atoms with Gasteiger partial charge in [0.1, 0.15) is 18.5 Å². The minimum absolute atomic E-state index is 0.0181. The summed E-state index contributed by atoms with van der Waals surface area (Å²) in [6.45, 7) is 4.77. The molecule has 3 unspecified atom stereocenters. The molecule has 0 saturated carbocycles. The molecule has 1 fully saturated rings. The van der Waals surface area contributed by atoms with Gasteiger partial charge in [-0.1, -0.05) is 26.0 Å². The number of thioether (sulfide) groups is 1. The predicted molar refractivity (Wildman–Crippen MR) is 151 cm³/mol. The molecule has 1 heterocycles. The number of nitrogens with two attached hydrogens (primary N) is 2.